The Morgan fingerprint density at radius 2 is 2.03 bits per heavy atom. The van der Waals surface area contributed by atoms with Crippen molar-refractivity contribution in [3.8, 4) is 0 Å². The molecule has 38 heavy (non-hydrogen) atoms. The highest BCUT2D eigenvalue weighted by Gasteiger charge is 2.78. The summed E-state index contributed by atoms with van der Waals surface area (Å²) in [6.45, 7) is 4.89. The number of likely N-dealkylation sites (tertiary alicyclic amines) is 1. The molecule has 1 aliphatic heterocycles. The number of hydrogen-bond acceptors (Lipinski definition) is 6. The Labute approximate surface area is 226 Å². The van der Waals surface area contributed by atoms with Gasteiger partial charge in [-0.3, -0.25) is 0 Å². The highest BCUT2D eigenvalue weighted by Crippen LogP contribution is 2.78. The number of allylic oxidation sites excluding steroid dienone is 1. The molecule has 0 aromatic heterocycles. The molecule has 6 rings (SSSR count). The average molecular weight is 526 g/mol. The third kappa shape index (κ3) is 3.87. The molecule has 4 aliphatic carbocycles. The van der Waals surface area contributed by atoms with Gasteiger partial charge in [-0.05, 0) is 60.3 Å². The number of methoxy groups -OCH3 is 1. The fourth-order valence-corrected chi connectivity index (χ4v) is 10.0. The van der Waals surface area contributed by atoms with Crippen LogP contribution in [0.4, 0.5) is 4.79 Å². The minimum atomic E-state index is -0.198. The molecule has 1 heterocycles. The standard InChI is InChI=1S/C31H43NO6/c1-29-12-7-13-31-25-11-6-10-23(27(31)37-17-16-36-21-35-2)30(25,14-15-33)18-24(26(29)31)32(20-29)28(34)38-19-22-8-4-3-5-9-22/h3-6,8-10,23-27,33H,7,11-21H2,1-2H3/t23?,24-,25+,26+,27?,29-,30-,31+/m0/s1. The molecule has 4 fully saturated rings. The van der Waals surface area contributed by atoms with E-state index >= 15 is 0 Å². The molecule has 8 atom stereocenters. The molecular formula is C31H43NO6. The van der Waals surface area contributed by atoms with Crippen molar-refractivity contribution in [2.75, 3.05) is 40.3 Å². The van der Waals surface area contributed by atoms with E-state index in [1.807, 2.05) is 30.3 Å². The van der Waals surface area contributed by atoms with Crippen molar-refractivity contribution in [2.24, 2.45) is 34.0 Å². The third-order valence-electron chi connectivity index (χ3n) is 10.9. The smallest absolute Gasteiger partial charge is 0.410 e. The first-order valence-corrected chi connectivity index (χ1v) is 14.4. The molecule has 0 radical (unpaired) electrons. The molecule has 1 N–H and O–H groups in total. The molecule has 1 aromatic carbocycles. The minimum Gasteiger partial charge on any atom is -0.445 e. The number of carbonyl (C=O) groups is 1. The Bertz CT molecular complexity index is 1030. The van der Waals surface area contributed by atoms with Crippen molar-refractivity contribution in [2.45, 2.75) is 64.2 Å². The summed E-state index contributed by atoms with van der Waals surface area (Å²) in [5.74, 6) is 1.06. The maximum Gasteiger partial charge on any atom is 0.410 e. The largest absolute Gasteiger partial charge is 0.445 e. The second-order valence-electron chi connectivity index (χ2n) is 12.6. The molecule has 7 heteroatoms. The van der Waals surface area contributed by atoms with Crippen LogP contribution in [0.2, 0.25) is 0 Å². The number of benzene rings is 1. The first-order chi connectivity index (χ1) is 18.5. The van der Waals surface area contributed by atoms with E-state index in [9.17, 15) is 9.90 Å². The van der Waals surface area contributed by atoms with Crippen molar-refractivity contribution in [3.05, 3.63) is 48.0 Å². The van der Waals surface area contributed by atoms with Gasteiger partial charge < -0.3 is 29.0 Å². The van der Waals surface area contributed by atoms with Crippen molar-refractivity contribution < 1.29 is 28.8 Å². The molecule has 208 valence electrons. The monoisotopic (exact) mass is 525 g/mol. The van der Waals surface area contributed by atoms with Crippen LogP contribution in [-0.2, 0) is 25.6 Å². The van der Waals surface area contributed by atoms with E-state index in [1.165, 1.54) is 0 Å². The van der Waals surface area contributed by atoms with Crippen LogP contribution < -0.4 is 0 Å². The van der Waals surface area contributed by atoms with Gasteiger partial charge >= 0.3 is 6.09 Å². The lowest BCUT2D eigenvalue weighted by atomic mass is 9.44. The van der Waals surface area contributed by atoms with Crippen LogP contribution >= 0.6 is 0 Å². The second kappa shape index (κ2) is 10.2. The summed E-state index contributed by atoms with van der Waals surface area (Å²) >= 11 is 0. The van der Waals surface area contributed by atoms with Gasteiger partial charge in [-0.15, -0.1) is 0 Å². The van der Waals surface area contributed by atoms with Crippen LogP contribution in [0.25, 0.3) is 0 Å². The quantitative estimate of drug-likeness (QED) is 0.269. The summed E-state index contributed by atoms with van der Waals surface area (Å²) < 4.78 is 23.4. The predicted octanol–water partition coefficient (Wildman–Crippen LogP) is 4.78. The number of aliphatic hydroxyl groups is 1. The van der Waals surface area contributed by atoms with Crippen LogP contribution in [-0.4, -0.2) is 68.5 Å². The lowest BCUT2D eigenvalue weighted by Crippen LogP contribution is -2.60. The van der Waals surface area contributed by atoms with E-state index in [2.05, 4.69) is 24.0 Å². The van der Waals surface area contributed by atoms with Gasteiger partial charge in [0, 0.05) is 37.6 Å². The summed E-state index contributed by atoms with van der Waals surface area (Å²) in [6.07, 6.45) is 10.7. The molecule has 1 spiro atoms. The third-order valence-corrected chi connectivity index (χ3v) is 10.9. The molecule has 1 aromatic rings. The van der Waals surface area contributed by atoms with E-state index < -0.39 is 0 Å². The summed E-state index contributed by atoms with van der Waals surface area (Å²) in [7, 11) is 1.63. The number of carbonyl (C=O) groups excluding carboxylic acids is 1. The van der Waals surface area contributed by atoms with Crippen LogP contribution in [0.3, 0.4) is 0 Å². The number of amides is 1. The maximum atomic E-state index is 13.7. The zero-order valence-electron chi connectivity index (χ0n) is 22.8. The van der Waals surface area contributed by atoms with Crippen LogP contribution in [0.1, 0.15) is 51.0 Å². The fraction of sp³-hybridized carbons (Fsp3) is 0.710. The zero-order chi connectivity index (χ0) is 26.4. The lowest BCUT2D eigenvalue weighted by Gasteiger charge is -2.60. The topological polar surface area (TPSA) is 77.5 Å². The van der Waals surface area contributed by atoms with Gasteiger partial charge in [-0.1, -0.05) is 55.8 Å². The van der Waals surface area contributed by atoms with Crippen molar-refractivity contribution in [1.29, 1.82) is 0 Å². The van der Waals surface area contributed by atoms with Crippen molar-refractivity contribution in [3.63, 3.8) is 0 Å². The summed E-state index contributed by atoms with van der Waals surface area (Å²) in [4.78, 5) is 15.8. The molecule has 5 aliphatic rings. The van der Waals surface area contributed by atoms with Gasteiger partial charge in [0.25, 0.3) is 0 Å². The van der Waals surface area contributed by atoms with Gasteiger partial charge in [0.2, 0.25) is 0 Å². The highest BCUT2D eigenvalue weighted by molar-refractivity contribution is 5.69. The highest BCUT2D eigenvalue weighted by atomic mass is 16.7. The van der Waals surface area contributed by atoms with E-state index in [1.54, 1.807) is 7.11 Å². The molecular weight excluding hydrogens is 482 g/mol. The Morgan fingerprint density at radius 3 is 2.82 bits per heavy atom. The van der Waals surface area contributed by atoms with Crippen LogP contribution in [0, 0.1) is 34.0 Å². The molecule has 3 saturated carbocycles. The minimum absolute atomic E-state index is 0.0189. The summed E-state index contributed by atoms with van der Waals surface area (Å²) in [5, 5.41) is 10.3. The van der Waals surface area contributed by atoms with E-state index in [-0.39, 0.29) is 53.8 Å². The first kappa shape index (κ1) is 26.3. The molecule has 7 nitrogen and oxygen atoms in total. The number of nitrogens with zero attached hydrogens (tertiary/aromatic N) is 1. The number of ether oxygens (including phenoxy) is 4. The number of rotatable bonds is 10. The molecule has 1 amide bonds. The number of hydrogen-bond donors (Lipinski definition) is 1. The van der Waals surface area contributed by atoms with Gasteiger partial charge in [0.05, 0.1) is 19.3 Å². The summed E-state index contributed by atoms with van der Waals surface area (Å²) in [6, 6.07) is 10.0. The number of aliphatic hydroxyl groups excluding tert-OH is 1. The Kier molecular flexibility index (Phi) is 7.08. The molecule has 1 saturated heterocycles. The Hall–Kier alpha value is -1.93. The van der Waals surface area contributed by atoms with Gasteiger partial charge in [0.1, 0.15) is 13.4 Å². The molecule has 2 unspecified atom stereocenters. The van der Waals surface area contributed by atoms with Gasteiger partial charge in [0.15, 0.2) is 0 Å². The van der Waals surface area contributed by atoms with Crippen LogP contribution in [0.15, 0.2) is 42.5 Å². The SMILES string of the molecule is COCOCCOC1C2C=CC[C@@H]3[C@@]2(CCO)C[C@H]2[C@@H]4[C@@](C)(CCC[C@]143)CN2C(=O)OCc1ccccc1. The average Bonchev–Trinajstić information content (AvgIpc) is 3.19. The van der Waals surface area contributed by atoms with Crippen molar-refractivity contribution >= 4 is 6.09 Å². The van der Waals surface area contributed by atoms with Crippen LogP contribution in [0.5, 0.6) is 0 Å². The zero-order valence-corrected chi connectivity index (χ0v) is 22.8. The summed E-state index contributed by atoms with van der Waals surface area (Å²) in [5.41, 5.74) is 0.952. The van der Waals surface area contributed by atoms with Crippen molar-refractivity contribution in [1.82, 2.24) is 4.90 Å². The normalized spacial score (nSPS) is 40.3. The Balaban J connectivity index is 1.33. The van der Waals surface area contributed by atoms with E-state index in [4.69, 9.17) is 18.9 Å². The fourth-order valence-electron chi connectivity index (χ4n) is 10.0. The van der Waals surface area contributed by atoms with Gasteiger partial charge in [-0.2, -0.15) is 0 Å². The predicted molar refractivity (Wildman–Crippen MR) is 142 cm³/mol. The lowest BCUT2D eigenvalue weighted by molar-refractivity contribution is -0.155. The molecule has 4 bridgehead atoms. The van der Waals surface area contributed by atoms with Gasteiger partial charge in [-0.25, -0.2) is 4.79 Å². The Morgan fingerprint density at radius 1 is 1.18 bits per heavy atom. The van der Waals surface area contributed by atoms with E-state index in [0.29, 0.717) is 31.7 Å². The van der Waals surface area contributed by atoms with E-state index in [0.717, 1.165) is 50.6 Å². The second-order valence-corrected chi connectivity index (χ2v) is 12.6. The maximum absolute atomic E-state index is 13.7. The first-order valence-electron chi connectivity index (χ1n) is 14.4.